The number of carbonyl (C=O) groups is 1. The average molecular weight is 238 g/mol. The summed E-state index contributed by atoms with van der Waals surface area (Å²) in [6, 6.07) is 0. The Kier molecular flexibility index (Phi) is 4.43. The monoisotopic (exact) mass is 238 g/mol. The second-order valence-electron chi connectivity index (χ2n) is 6.09. The van der Waals surface area contributed by atoms with E-state index in [1.165, 1.54) is 32.1 Å². The number of amides is 1. The Balaban J connectivity index is 1.75. The van der Waals surface area contributed by atoms with Gasteiger partial charge in [-0.3, -0.25) is 4.79 Å². The van der Waals surface area contributed by atoms with E-state index in [2.05, 4.69) is 17.6 Å². The first-order chi connectivity index (χ1) is 8.18. The van der Waals surface area contributed by atoms with Crippen LogP contribution in [0.15, 0.2) is 0 Å². The lowest BCUT2D eigenvalue weighted by molar-refractivity contribution is -0.124. The molecule has 0 aromatic carbocycles. The fourth-order valence-corrected chi connectivity index (χ4v) is 3.21. The predicted octanol–water partition coefficient (Wildman–Crippen LogP) is 2.22. The SMILES string of the molecule is CC1(NC(=O)CC2CCCNC2)CCCCC1. The molecular formula is C14H26N2O. The molecule has 1 saturated carbocycles. The molecule has 2 rings (SSSR count). The van der Waals surface area contributed by atoms with E-state index >= 15 is 0 Å². The minimum Gasteiger partial charge on any atom is -0.351 e. The first-order valence-corrected chi connectivity index (χ1v) is 7.20. The van der Waals surface area contributed by atoms with Crippen molar-refractivity contribution in [1.82, 2.24) is 10.6 Å². The lowest BCUT2D eigenvalue weighted by Crippen LogP contribution is -2.48. The number of piperidine rings is 1. The molecule has 1 unspecified atom stereocenters. The van der Waals surface area contributed by atoms with Crippen molar-refractivity contribution in [2.75, 3.05) is 13.1 Å². The van der Waals surface area contributed by atoms with Crippen molar-refractivity contribution in [3.63, 3.8) is 0 Å². The molecule has 98 valence electrons. The molecule has 0 aromatic rings. The van der Waals surface area contributed by atoms with Gasteiger partial charge in [0.15, 0.2) is 0 Å². The molecule has 1 aliphatic heterocycles. The van der Waals surface area contributed by atoms with Gasteiger partial charge < -0.3 is 10.6 Å². The molecule has 1 saturated heterocycles. The summed E-state index contributed by atoms with van der Waals surface area (Å²) < 4.78 is 0. The van der Waals surface area contributed by atoms with E-state index < -0.39 is 0 Å². The number of rotatable bonds is 3. The summed E-state index contributed by atoms with van der Waals surface area (Å²) in [6.45, 7) is 4.35. The van der Waals surface area contributed by atoms with Crippen LogP contribution in [-0.2, 0) is 4.79 Å². The maximum atomic E-state index is 12.0. The Morgan fingerprint density at radius 2 is 2.06 bits per heavy atom. The largest absolute Gasteiger partial charge is 0.351 e. The first kappa shape index (κ1) is 12.9. The number of carbonyl (C=O) groups excluding carboxylic acids is 1. The van der Waals surface area contributed by atoms with E-state index in [4.69, 9.17) is 0 Å². The third kappa shape index (κ3) is 3.98. The summed E-state index contributed by atoms with van der Waals surface area (Å²) in [5.74, 6) is 0.819. The highest BCUT2D eigenvalue weighted by Gasteiger charge is 2.29. The summed E-state index contributed by atoms with van der Waals surface area (Å²) in [5, 5.41) is 6.65. The van der Waals surface area contributed by atoms with Crippen molar-refractivity contribution in [3.8, 4) is 0 Å². The van der Waals surface area contributed by atoms with Crippen LogP contribution in [0.25, 0.3) is 0 Å². The van der Waals surface area contributed by atoms with Crippen LogP contribution >= 0.6 is 0 Å². The zero-order chi connectivity index (χ0) is 12.1. The fourth-order valence-electron chi connectivity index (χ4n) is 3.21. The van der Waals surface area contributed by atoms with Gasteiger partial charge in [-0.15, -0.1) is 0 Å². The number of hydrogen-bond acceptors (Lipinski definition) is 2. The Labute approximate surface area is 105 Å². The van der Waals surface area contributed by atoms with Crippen LogP contribution < -0.4 is 10.6 Å². The van der Waals surface area contributed by atoms with Crippen LogP contribution in [0.5, 0.6) is 0 Å². The van der Waals surface area contributed by atoms with Crippen molar-refractivity contribution in [2.24, 2.45) is 5.92 Å². The molecule has 0 bridgehead atoms. The second kappa shape index (κ2) is 5.85. The molecule has 1 aliphatic carbocycles. The van der Waals surface area contributed by atoms with E-state index in [0.717, 1.165) is 25.9 Å². The Morgan fingerprint density at radius 1 is 1.29 bits per heavy atom. The molecule has 0 radical (unpaired) electrons. The summed E-state index contributed by atoms with van der Waals surface area (Å²) in [7, 11) is 0. The van der Waals surface area contributed by atoms with Crippen LogP contribution in [0.3, 0.4) is 0 Å². The quantitative estimate of drug-likeness (QED) is 0.791. The molecule has 17 heavy (non-hydrogen) atoms. The van der Waals surface area contributed by atoms with E-state index in [9.17, 15) is 4.79 Å². The number of hydrogen-bond donors (Lipinski definition) is 2. The smallest absolute Gasteiger partial charge is 0.220 e. The minimum absolute atomic E-state index is 0.0808. The molecule has 1 atom stereocenters. The third-order valence-electron chi connectivity index (χ3n) is 4.27. The molecule has 3 heteroatoms. The lowest BCUT2D eigenvalue weighted by Gasteiger charge is -2.35. The van der Waals surface area contributed by atoms with Gasteiger partial charge in [-0.1, -0.05) is 19.3 Å². The van der Waals surface area contributed by atoms with Gasteiger partial charge in [-0.25, -0.2) is 0 Å². The molecule has 2 aliphatic rings. The highest BCUT2D eigenvalue weighted by Crippen LogP contribution is 2.28. The van der Waals surface area contributed by atoms with E-state index in [-0.39, 0.29) is 11.4 Å². The topological polar surface area (TPSA) is 41.1 Å². The highest BCUT2D eigenvalue weighted by molar-refractivity contribution is 5.77. The van der Waals surface area contributed by atoms with Gasteiger partial charge in [0.05, 0.1) is 0 Å². The van der Waals surface area contributed by atoms with Crippen LogP contribution in [0, 0.1) is 5.92 Å². The lowest BCUT2D eigenvalue weighted by atomic mass is 9.83. The zero-order valence-corrected chi connectivity index (χ0v) is 11.1. The maximum Gasteiger partial charge on any atom is 0.220 e. The normalized spacial score (nSPS) is 28.6. The van der Waals surface area contributed by atoms with Crippen molar-refractivity contribution < 1.29 is 4.79 Å². The van der Waals surface area contributed by atoms with Gasteiger partial charge in [-0.05, 0) is 51.6 Å². The first-order valence-electron chi connectivity index (χ1n) is 7.20. The van der Waals surface area contributed by atoms with Gasteiger partial charge >= 0.3 is 0 Å². The Bertz CT molecular complexity index is 253. The minimum atomic E-state index is 0.0808. The van der Waals surface area contributed by atoms with Crippen LogP contribution in [0.2, 0.25) is 0 Å². The highest BCUT2D eigenvalue weighted by atomic mass is 16.1. The van der Waals surface area contributed by atoms with E-state index in [1.54, 1.807) is 0 Å². The maximum absolute atomic E-state index is 12.0. The molecule has 3 nitrogen and oxygen atoms in total. The van der Waals surface area contributed by atoms with Gasteiger partial charge in [0.25, 0.3) is 0 Å². The average Bonchev–Trinajstić information content (AvgIpc) is 2.30. The molecule has 2 N–H and O–H groups in total. The van der Waals surface area contributed by atoms with E-state index in [0.29, 0.717) is 12.3 Å². The fraction of sp³-hybridized carbons (Fsp3) is 0.929. The summed E-state index contributed by atoms with van der Waals surface area (Å²) in [4.78, 5) is 12.0. The van der Waals surface area contributed by atoms with Crippen molar-refractivity contribution >= 4 is 5.91 Å². The Morgan fingerprint density at radius 3 is 2.71 bits per heavy atom. The van der Waals surface area contributed by atoms with Gasteiger partial charge in [-0.2, -0.15) is 0 Å². The second-order valence-corrected chi connectivity index (χ2v) is 6.09. The van der Waals surface area contributed by atoms with Crippen molar-refractivity contribution in [1.29, 1.82) is 0 Å². The summed E-state index contributed by atoms with van der Waals surface area (Å²) >= 11 is 0. The molecule has 1 amide bonds. The molecular weight excluding hydrogens is 212 g/mol. The summed E-state index contributed by atoms with van der Waals surface area (Å²) in [6.07, 6.45) is 9.31. The van der Waals surface area contributed by atoms with Gasteiger partial charge in [0, 0.05) is 12.0 Å². The van der Waals surface area contributed by atoms with Crippen LogP contribution in [-0.4, -0.2) is 24.5 Å². The van der Waals surface area contributed by atoms with Gasteiger partial charge in [0.2, 0.25) is 5.91 Å². The number of nitrogens with one attached hydrogen (secondary N) is 2. The van der Waals surface area contributed by atoms with Crippen molar-refractivity contribution in [3.05, 3.63) is 0 Å². The van der Waals surface area contributed by atoms with Crippen molar-refractivity contribution in [2.45, 2.75) is 63.8 Å². The molecule has 1 heterocycles. The third-order valence-corrected chi connectivity index (χ3v) is 4.27. The van der Waals surface area contributed by atoms with E-state index in [1.807, 2.05) is 0 Å². The summed E-state index contributed by atoms with van der Waals surface area (Å²) in [5.41, 5.74) is 0.0808. The predicted molar refractivity (Wildman–Crippen MR) is 69.8 cm³/mol. The van der Waals surface area contributed by atoms with Crippen LogP contribution in [0.4, 0.5) is 0 Å². The van der Waals surface area contributed by atoms with Crippen LogP contribution in [0.1, 0.15) is 58.3 Å². The standard InChI is InChI=1S/C14H26N2O/c1-14(7-3-2-4-8-14)16-13(17)10-12-6-5-9-15-11-12/h12,15H,2-11H2,1H3,(H,16,17). The molecule has 0 spiro atoms. The molecule has 0 aromatic heterocycles. The van der Waals surface area contributed by atoms with Gasteiger partial charge in [0.1, 0.15) is 0 Å². The zero-order valence-electron chi connectivity index (χ0n) is 11.1. The Hall–Kier alpha value is -0.570. The molecule has 2 fully saturated rings.